The van der Waals surface area contributed by atoms with Crippen LogP contribution in [0.25, 0.3) is 0 Å². The first-order chi connectivity index (χ1) is 11.3. The van der Waals surface area contributed by atoms with Crippen molar-refractivity contribution in [2.24, 2.45) is 0 Å². The second kappa shape index (κ2) is 7.38. The van der Waals surface area contributed by atoms with Crippen molar-refractivity contribution in [1.82, 2.24) is 9.88 Å². The number of methoxy groups -OCH3 is 1. The zero-order valence-corrected chi connectivity index (χ0v) is 13.4. The van der Waals surface area contributed by atoms with Gasteiger partial charge in [-0.15, -0.1) is 0 Å². The van der Waals surface area contributed by atoms with Gasteiger partial charge < -0.3 is 4.74 Å². The van der Waals surface area contributed by atoms with Gasteiger partial charge in [0.15, 0.2) is 0 Å². The predicted octanol–water partition coefficient (Wildman–Crippen LogP) is 3.63. The smallest absolute Gasteiger partial charge is 0.150 e. The van der Waals surface area contributed by atoms with Gasteiger partial charge in [0.1, 0.15) is 12.0 Å². The van der Waals surface area contributed by atoms with Crippen molar-refractivity contribution in [3.63, 3.8) is 0 Å². The van der Waals surface area contributed by atoms with Gasteiger partial charge in [-0.3, -0.25) is 14.7 Å². The third-order valence-corrected chi connectivity index (χ3v) is 4.50. The molecule has 1 aliphatic heterocycles. The van der Waals surface area contributed by atoms with Gasteiger partial charge in [-0.2, -0.15) is 0 Å². The lowest BCUT2D eigenvalue weighted by Crippen LogP contribution is -2.33. The molecular formula is C19H22N2O2. The number of aldehydes is 1. The topological polar surface area (TPSA) is 42.4 Å². The van der Waals surface area contributed by atoms with Crippen molar-refractivity contribution in [1.29, 1.82) is 0 Å². The monoisotopic (exact) mass is 310 g/mol. The van der Waals surface area contributed by atoms with E-state index in [-0.39, 0.29) is 0 Å². The van der Waals surface area contributed by atoms with Gasteiger partial charge >= 0.3 is 0 Å². The summed E-state index contributed by atoms with van der Waals surface area (Å²) >= 11 is 0. The Kier molecular flexibility index (Phi) is 5.03. The third kappa shape index (κ3) is 3.59. The molecule has 4 heteroatoms. The minimum absolute atomic E-state index is 0.377. The minimum Gasteiger partial charge on any atom is -0.496 e. The number of benzene rings is 1. The Hall–Kier alpha value is -2.20. The summed E-state index contributed by atoms with van der Waals surface area (Å²) in [7, 11) is 1.67. The van der Waals surface area contributed by atoms with Crippen LogP contribution in [-0.2, 0) is 6.54 Å². The van der Waals surface area contributed by atoms with Gasteiger partial charge in [-0.05, 0) is 49.2 Å². The number of hydrogen-bond acceptors (Lipinski definition) is 4. The maximum Gasteiger partial charge on any atom is 0.150 e. The number of aromatic nitrogens is 1. The van der Waals surface area contributed by atoms with E-state index in [4.69, 9.17) is 4.74 Å². The molecule has 23 heavy (non-hydrogen) atoms. The van der Waals surface area contributed by atoms with E-state index in [9.17, 15) is 4.79 Å². The van der Waals surface area contributed by atoms with Crippen molar-refractivity contribution < 1.29 is 9.53 Å². The van der Waals surface area contributed by atoms with Crippen LogP contribution in [0.4, 0.5) is 0 Å². The number of nitrogens with zero attached hydrogens (tertiary/aromatic N) is 2. The second-order valence-electron chi connectivity index (χ2n) is 5.96. The molecule has 3 rings (SSSR count). The standard InChI is InChI=1S/C19H22N2O2/c1-23-19-8-7-15(14-22)11-17(19)13-21-10-3-2-6-18(21)16-5-4-9-20-12-16/h4-5,7-9,11-12,14,18H,2-3,6,10,13H2,1H3/t18-/m0/s1. The molecule has 4 nitrogen and oxygen atoms in total. The highest BCUT2D eigenvalue weighted by atomic mass is 16.5. The lowest BCUT2D eigenvalue weighted by molar-refractivity contribution is 0.112. The number of carbonyl (C=O) groups excluding carboxylic acids is 1. The highest BCUT2D eigenvalue weighted by Crippen LogP contribution is 2.33. The van der Waals surface area contributed by atoms with Crippen molar-refractivity contribution in [3.8, 4) is 5.75 Å². The molecule has 0 radical (unpaired) electrons. The van der Waals surface area contributed by atoms with Crippen molar-refractivity contribution in [2.45, 2.75) is 31.8 Å². The molecule has 2 aromatic rings. The Morgan fingerprint density at radius 2 is 2.26 bits per heavy atom. The van der Waals surface area contributed by atoms with Crippen LogP contribution in [0, 0.1) is 0 Å². The van der Waals surface area contributed by atoms with E-state index in [1.54, 1.807) is 13.2 Å². The Balaban J connectivity index is 1.86. The molecule has 2 heterocycles. The highest BCUT2D eigenvalue weighted by molar-refractivity contribution is 5.75. The molecule has 0 spiro atoms. The summed E-state index contributed by atoms with van der Waals surface area (Å²) in [6.07, 6.45) is 8.24. The number of ether oxygens (including phenoxy) is 1. The largest absolute Gasteiger partial charge is 0.496 e. The van der Waals surface area contributed by atoms with Crippen molar-refractivity contribution in [3.05, 3.63) is 59.4 Å². The summed E-state index contributed by atoms with van der Waals surface area (Å²) in [5, 5.41) is 0. The number of pyridine rings is 1. The molecule has 0 aliphatic carbocycles. The molecule has 0 amide bonds. The molecule has 1 saturated heterocycles. The fourth-order valence-corrected chi connectivity index (χ4v) is 3.34. The zero-order valence-electron chi connectivity index (χ0n) is 13.4. The Morgan fingerprint density at radius 1 is 1.35 bits per heavy atom. The van der Waals surface area contributed by atoms with Crippen LogP contribution in [-0.4, -0.2) is 29.8 Å². The van der Waals surface area contributed by atoms with Gasteiger partial charge in [0.25, 0.3) is 0 Å². The van der Waals surface area contributed by atoms with E-state index in [1.165, 1.54) is 18.4 Å². The molecular weight excluding hydrogens is 288 g/mol. The summed E-state index contributed by atoms with van der Waals surface area (Å²) in [6, 6.07) is 10.1. The fourth-order valence-electron chi connectivity index (χ4n) is 3.34. The van der Waals surface area contributed by atoms with E-state index in [0.717, 1.165) is 37.1 Å². The van der Waals surface area contributed by atoms with Crippen LogP contribution in [0.1, 0.15) is 46.8 Å². The summed E-state index contributed by atoms with van der Waals surface area (Å²) in [6.45, 7) is 1.83. The van der Waals surface area contributed by atoms with Gasteiger partial charge in [0.2, 0.25) is 0 Å². The summed E-state index contributed by atoms with van der Waals surface area (Å²) in [5.41, 5.74) is 3.02. The average molecular weight is 310 g/mol. The Morgan fingerprint density at radius 3 is 3.00 bits per heavy atom. The normalized spacial score (nSPS) is 18.6. The van der Waals surface area contributed by atoms with Crippen molar-refractivity contribution >= 4 is 6.29 Å². The van der Waals surface area contributed by atoms with E-state index in [0.29, 0.717) is 11.6 Å². The lowest BCUT2D eigenvalue weighted by Gasteiger charge is -2.36. The maximum atomic E-state index is 11.1. The lowest BCUT2D eigenvalue weighted by atomic mass is 9.95. The van der Waals surface area contributed by atoms with E-state index in [2.05, 4.69) is 16.0 Å². The number of carbonyl (C=O) groups is 1. The zero-order chi connectivity index (χ0) is 16.1. The van der Waals surface area contributed by atoms with Gasteiger partial charge in [0.05, 0.1) is 7.11 Å². The van der Waals surface area contributed by atoms with Crippen LogP contribution in [0.3, 0.4) is 0 Å². The molecule has 1 fully saturated rings. The molecule has 1 aromatic carbocycles. The first kappa shape index (κ1) is 15.7. The minimum atomic E-state index is 0.377. The molecule has 1 aromatic heterocycles. The SMILES string of the molecule is COc1ccc(C=O)cc1CN1CCCC[C@H]1c1cccnc1. The predicted molar refractivity (Wildman–Crippen MR) is 89.6 cm³/mol. The van der Waals surface area contributed by atoms with Crippen molar-refractivity contribution in [2.75, 3.05) is 13.7 Å². The summed E-state index contributed by atoms with van der Waals surface area (Å²) in [4.78, 5) is 17.8. The molecule has 0 unspecified atom stereocenters. The Labute approximate surface area is 137 Å². The number of piperidine rings is 1. The fraction of sp³-hybridized carbons (Fsp3) is 0.368. The van der Waals surface area contributed by atoms with E-state index >= 15 is 0 Å². The summed E-state index contributed by atoms with van der Waals surface area (Å²) in [5.74, 6) is 0.839. The molecule has 0 saturated carbocycles. The number of likely N-dealkylation sites (tertiary alicyclic amines) is 1. The average Bonchev–Trinajstić information content (AvgIpc) is 2.63. The quantitative estimate of drug-likeness (QED) is 0.791. The molecule has 1 atom stereocenters. The van der Waals surface area contributed by atoms with Crippen LogP contribution in [0.15, 0.2) is 42.7 Å². The van der Waals surface area contributed by atoms with E-state index < -0.39 is 0 Å². The first-order valence-corrected chi connectivity index (χ1v) is 8.08. The summed E-state index contributed by atoms with van der Waals surface area (Å²) < 4.78 is 5.47. The third-order valence-electron chi connectivity index (χ3n) is 4.50. The van der Waals surface area contributed by atoms with Crippen LogP contribution in [0.2, 0.25) is 0 Å². The molecule has 0 N–H and O–H groups in total. The molecule has 120 valence electrons. The number of rotatable bonds is 5. The highest BCUT2D eigenvalue weighted by Gasteiger charge is 2.25. The van der Waals surface area contributed by atoms with Gasteiger partial charge in [-0.25, -0.2) is 0 Å². The number of hydrogen-bond donors (Lipinski definition) is 0. The molecule has 1 aliphatic rings. The van der Waals surface area contributed by atoms with Crippen LogP contribution >= 0.6 is 0 Å². The van der Waals surface area contributed by atoms with Crippen LogP contribution < -0.4 is 4.74 Å². The van der Waals surface area contributed by atoms with Crippen LogP contribution in [0.5, 0.6) is 5.75 Å². The van der Waals surface area contributed by atoms with Gasteiger partial charge in [-0.1, -0.05) is 12.5 Å². The van der Waals surface area contributed by atoms with Gasteiger partial charge in [0, 0.05) is 36.1 Å². The van der Waals surface area contributed by atoms with E-state index in [1.807, 2.05) is 30.6 Å². The first-order valence-electron chi connectivity index (χ1n) is 8.08. The molecule has 0 bridgehead atoms. The Bertz CT molecular complexity index is 658. The second-order valence-corrected chi connectivity index (χ2v) is 5.96. The maximum absolute atomic E-state index is 11.1.